The second-order valence-corrected chi connectivity index (χ2v) is 3.77. The van der Waals surface area contributed by atoms with Crippen LogP contribution in [-0.2, 0) is 9.53 Å². The van der Waals surface area contributed by atoms with Crippen LogP contribution in [-0.4, -0.2) is 36.6 Å². The van der Waals surface area contributed by atoms with E-state index in [4.69, 9.17) is 0 Å². The minimum atomic E-state index is -0.211. The number of nitrogens with zero attached hydrogens (tertiary/aromatic N) is 3. The Morgan fingerprint density at radius 2 is 2.31 bits per heavy atom. The highest BCUT2D eigenvalue weighted by Gasteiger charge is 2.16. The van der Waals surface area contributed by atoms with Gasteiger partial charge in [0.2, 0.25) is 0 Å². The molecule has 1 atom stereocenters. The number of hydrogen-bond donors (Lipinski definition) is 0. The van der Waals surface area contributed by atoms with Crippen molar-refractivity contribution >= 4 is 11.8 Å². The quantitative estimate of drug-likeness (QED) is 0.714. The standard InChI is InChI=1S/C11H17N3O2/c1-8(11(15)16-4)7-14(3)10-5-6-12-9(2)13-10/h5-6,8H,7H2,1-4H3. The smallest absolute Gasteiger partial charge is 0.310 e. The largest absolute Gasteiger partial charge is 0.469 e. The number of hydrogen-bond acceptors (Lipinski definition) is 5. The molecule has 88 valence electrons. The topological polar surface area (TPSA) is 55.3 Å². The Kier molecular flexibility index (Phi) is 4.22. The monoisotopic (exact) mass is 223 g/mol. The zero-order chi connectivity index (χ0) is 12.1. The van der Waals surface area contributed by atoms with E-state index in [-0.39, 0.29) is 11.9 Å². The van der Waals surface area contributed by atoms with Gasteiger partial charge in [-0.1, -0.05) is 6.92 Å². The molecule has 0 radical (unpaired) electrons. The first kappa shape index (κ1) is 12.4. The predicted molar refractivity (Wildman–Crippen MR) is 61.2 cm³/mol. The lowest BCUT2D eigenvalue weighted by molar-refractivity contribution is -0.144. The van der Waals surface area contributed by atoms with Crippen molar-refractivity contribution in [3.8, 4) is 0 Å². The number of aromatic nitrogens is 2. The Balaban J connectivity index is 2.65. The van der Waals surface area contributed by atoms with Crippen LogP contribution in [0.5, 0.6) is 0 Å². The second kappa shape index (κ2) is 5.44. The maximum atomic E-state index is 11.3. The Hall–Kier alpha value is -1.65. The Labute approximate surface area is 95.5 Å². The van der Waals surface area contributed by atoms with Crippen LogP contribution in [0.2, 0.25) is 0 Å². The van der Waals surface area contributed by atoms with Gasteiger partial charge in [0.15, 0.2) is 0 Å². The number of aryl methyl sites for hydroxylation is 1. The van der Waals surface area contributed by atoms with Crippen molar-refractivity contribution in [3.05, 3.63) is 18.1 Å². The summed E-state index contributed by atoms with van der Waals surface area (Å²) in [5.74, 6) is 1.14. The molecule has 5 nitrogen and oxygen atoms in total. The molecule has 1 aromatic heterocycles. The third kappa shape index (κ3) is 3.18. The molecule has 0 saturated heterocycles. The minimum Gasteiger partial charge on any atom is -0.469 e. The van der Waals surface area contributed by atoms with Gasteiger partial charge in [-0.25, -0.2) is 9.97 Å². The molecule has 0 saturated carbocycles. The fourth-order valence-corrected chi connectivity index (χ4v) is 1.44. The molecule has 0 amide bonds. The predicted octanol–water partition coefficient (Wildman–Crippen LogP) is 1.03. The summed E-state index contributed by atoms with van der Waals surface area (Å²) >= 11 is 0. The third-order valence-electron chi connectivity index (χ3n) is 2.30. The first-order chi connectivity index (χ1) is 7.54. The molecule has 0 N–H and O–H groups in total. The number of methoxy groups -OCH3 is 1. The second-order valence-electron chi connectivity index (χ2n) is 3.77. The summed E-state index contributed by atoms with van der Waals surface area (Å²) in [6, 6.07) is 1.82. The number of carbonyl (C=O) groups excluding carboxylic acids is 1. The van der Waals surface area contributed by atoms with E-state index in [1.165, 1.54) is 7.11 Å². The van der Waals surface area contributed by atoms with E-state index in [2.05, 4.69) is 14.7 Å². The molecule has 1 aromatic rings. The average molecular weight is 223 g/mol. The summed E-state index contributed by atoms with van der Waals surface area (Å²) < 4.78 is 4.67. The molecule has 0 aliphatic heterocycles. The first-order valence-corrected chi connectivity index (χ1v) is 5.13. The van der Waals surface area contributed by atoms with Crippen LogP contribution < -0.4 is 4.90 Å². The van der Waals surface area contributed by atoms with Crippen LogP contribution in [0.3, 0.4) is 0 Å². The van der Waals surface area contributed by atoms with Crippen LogP contribution in [0, 0.1) is 12.8 Å². The van der Waals surface area contributed by atoms with Crippen molar-refractivity contribution in [2.75, 3.05) is 25.6 Å². The Morgan fingerprint density at radius 3 is 2.88 bits per heavy atom. The number of carbonyl (C=O) groups is 1. The van der Waals surface area contributed by atoms with E-state index in [1.54, 1.807) is 6.20 Å². The third-order valence-corrected chi connectivity index (χ3v) is 2.30. The molecule has 0 aliphatic carbocycles. The fourth-order valence-electron chi connectivity index (χ4n) is 1.44. The molecule has 0 spiro atoms. The van der Waals surface area contributed by atoms with Gasteiger partial charge in [0.1, 0.15) is 11.6 Å². The van der Waals surface area contributed by atoms with Crippen molar-refractivity contribution in [2.45, 2.75) is 13.8 Å². The van der Waals surface area contributed by atoms with Gasteiger partial charge in [0.25, 0.3) is 0 Å². The lowest BCUT2D eigenvalue weighted by atomic mass is 10.2. The number of rotatable bonds is 4. The van der Waals surface area contributed by atoms with Crippen molar-refractivity contribution in [1.82, 2.24) is 9.97 Å². The molecule has 1 rings (SSSR count). The molecular weight excluding hydrogens is 206 g/mol. The van der Waals surface area contributed by atoms with Gasteiger partial charge in [0, 0.05) is 19.8 Å². The lowest BCUT2D eigenvalue weighted by Gasteiger charge is -2.21. The van der Waals surface area contributed by atoms with E-state index in [0.29, 0.717) is 6.54 Å². The van der Waals surface area contributed by atoms with Gasteiger partial charge in [-0.3, -0.25) is 4.79 Å². The zero-order valence-corrected chi connectivity index (χ0v) is 10.1. The van der Waals surface area contributed by atoms with Crippen LogP contribution in [0.1, 0.15) is 12.7 Å². The van der Waals surface area contributed by atoms with E-state index in [0.717, 1.165) is 11.6 Å². The van der Waals surface area contributed by atoms with Crippen LogP contribution in [0.15, 0.2) is 12.3 Å². The summed E-state index contributed by atoms with van der Waals surface area (Å²) in [6.07, 6.45) is 1.71. The molecule has 1 unspecified atom stereocenters. The van der Waals surface area contributed by atoms with Gasteiger partial charge >= 0.3 is 5.97 Å². The van der Waals surface area contributed by atoms with Crippen molar-refractivity contribution < 1.29 is 9.53 Å². The molecule has 0 aromatic carbocycles. The normalized spacial score (nSPS) is 12.0. The van der Waals surface area contributed by atoms with Crippen LogP contribution in [0.4, 0.5) is 5.82 Å². The van der Waals surface area contributed by atoms with Crippen LogP contribution in [0.25, 0.3) is 0 Å². The molecule has 16 heavy (non-hydrogen) atoms. The molecule has 0 bridgehead atoms. The maximum Gasteiger partial charge on any atom is 0.310 e. The molecule has 0 fully saturated rings. The number of esters is 1. The van der Waals surface area contributed by atoms with Crippen molar-refractivity contribution in [2.24, 2.45) is 5.92 Å². The highest BCUT2D eigenvalue weighted by atomic mass is 16.5. The number of ether oxygens (including phenoxy) is 1. The van der Waals surface area contributed by atoms with E-state index in [9.17, 15) is 4.79 Å². The Bertz CT molecular complexity index is 368. The molecule has 0 aliphatic rings. The zero-order valence-electron chi connectivity index (χ0n) is 10.1. The van der Waals surface area contributed by atoms with Gasteiger partial charge in [0.05, 0.1) is 13.0 Å². The maximum absolute atomic E-state index is 11.3. The summed E-state index contributed by atoms with van der Waals surface area (Å²) in [7, 11) is 3.29. The van der Waals surface area contributed by atoms with E-state index < -0.39 is 0 Å². The van der Waals surface area contributed by atoms with Crippen LogP contribution >= 0.6 is 0 Å². The molecule has 1 heterocycles. The van der Waals surface area contributed by atoms with Crippen molar-refractivity contribution in [1.29, 1.82) is 0 Å². The Morgan fingerprint density at radius 1 is 1.62 bits per heavy atom. The SMILES string of the molecule is COC(=O)C(C)CN(C)c1ccnc(C)n1. The first-order valence-electron chi connectivity index (χ1n) is 5.13. The van der Waals surface area contributed by atoms with Gasteiger partial charge in [-0.05, 0) is 13.0 Å². The number of anilines is 1. The van der Waals surface area contributed by atoms with Gasteiger partial charge in [-0.15, -0.1) is 0 Å². The van der Waals surface area contributed by atoms with E-state index in [1.807, 2.05) is 31.9 Å². The highest BCUT2D eigenvalue weighted by Crippen LogP contribution is 2.10. The fraction of sp³-hybridized carbons (Fsp3) is 0.545. The van der Waals surface area contributed by atoms with Crippen molar-refractivity contribution in [3.63, 3.8) is 0 Å². The van der Waals surface area contributed by atoms with Gasteiger partial charge in [-0.2, -0.15) is 0 Å². The van der Waals surface area contributed by atoms with Gasteiger partial charge < -0.3 is 9.64 Å². The minimum absolute atomic E-state index is 0.176. The average Bonchev–Trinajstić information content (AvgIpc) is 2.27. The summed E-state index contributed by atoms with van der Waals surface area (Å²) in [5, 5.41) is 0. The summed E-state index contributed by atoms with van der Waals surface area (Å²) in [5.41, 5.74) is 0. The summed E-state index contributed by atoms with van der Waals surface area (Å²) in [4.78, 5) is 21.5. The van der Waals surface area contributed by atoms with E-state index >= 15 is 0 Å². The molecule has 5 heteroatoms. The molecular formula is C11H17N3O2. The lowest BCUT2D eigenvalue weighted by Crippen LogP contribution is -2.29. The summed E-state index contributed by atoms with van der Waals surface area (Å²) in [6.45, 7) is 4.24. The highest BCUT2D eigenvalue weighted by molar-refractivity contribution is 5.72.